The number of rotatable bonds is 3. The van der Waals surface area contributed by atoms with Gasteiger partial charge in [0.05, 0.1) is 6.42 Å². The topological polar surface area (TPSA) is 43.1 Å². The molecule has 0 atom stereocenters. The summed E-state index contributed by atoms with van der Waals surface area (Å²) < 4.78 is 5.53. The fourth-order valence-electron chi connectivity index (χ4n) is 1.90. The van der Waals surface area contributed by atoms with Gasteiger partial charge in [-0.05, 0) is 24.3 Å². The largest absolute Gasteiger partial charge is 0.440 e. The molecule has 0 aliphatic rings. The van der Waals surface area contributed by atoms with Crippen molar-refractivity contribution >= 4 is 28.5 Å². The van der Waals surface area contributed by atoms with E-state index in [2.05, 4.69) is 4.98 Å². The van der Waals surface area contributed by atoms with Crippen LogP contribution in [-0.2, 0) is 6.42 Å². The number of benzene rings is 2. The van der Waals surface area contributed by atoms with Crippen molar-refractivity contribution in [1.29, 1.82) is 0 Å². The van der Waals surface area contributed by atoms with Crippen molar-refractivity contribution < 1.29 is 9.21 Å². The van der Waals surface area contributed by atoms with E-state index < -0.39 is 0 Å². The van der Waals surface area contributed by atoms with Gasteiger partial charge < -0.3 is 4.42 Å². The Balaban J connectivity index is 1.86. The molecule has 0 aliphatic carbocycles. The number of carbonyl (C=O) groups is 1. The third-order valence-electron chi connectivity index (χ3n) is 2.80. The summed E-state index contributed by atoms with van der Waals surface area (Å²) in [6, 6.07) is 14.3. The van der Waals surface area contributed by atoms with Crippen LogP contribution in [0.1, 0.15) is 16.2 Å². The maximum absolute atomic E-state index is 12.1. The van der Waals surface area contributed by atoms with Gasteiger partial charge in [-0.1, -0.05) is 35.9 Å². The zero-order valence-corrected chi connectivity index (χ0v) is 10.7. The normalized spacial score (nSPS) is 10.8. The number of oxazole rings is 1. The van der Waals surface area contributed by atoms with E-state index in [1.165, 1.54) is 0 Å². The second-order valence-corrected chi connectivity index (χ2v) is 4.62. The SMILES string of the molecule is O=C(Cc1nc2ccccc2o1)c1cccc(Cl)c1. The zero-order chi connectivity index (χ0) is 13.2. The maximum atomic E-state index is 12.1. The van der Waals surface area contributed by atoms with Crippen LogP contribution < -0.4 is 0 Å². The van der Waals surface area contributed by atoms with E-state index in [-0.39, 0.29) is 12.2 Å². The molecule has 0 N–H and O–H groups in total. The molecule has 0 radical (unpaired) electrons. The Morgan fingerprint density at radius 1 is 1.16 bits per heavy atom. The Labute approximate surface area is 114 Å². The first-order valence-corrected chi connectivity index (χ1v) is 6.23. The number of fused-ring (bicyclic) bond motifs is 1. The van der Waals surface area contributed by atoms with Crippen LogP contribution in [0.2, 0.25) is 5.02 Å². The van der Waals surface area contributed by atoms with Crippen LogP contribution >= 0.6 is 11.6 Å². The van der Waals surface area contributed by atoms with Crippen LogP contribution in [0.15, 0.2) is 52.9 Å². The predicted octanol–water partition coefficient (Wildman–Crippen LogP) is 3.91. The summed E-state index contributed by atoms with van der Waals surface area (Å²) in [5.74, 6) is 0.361. The molecule has 0 spiro atoms. The second kappa shape index (κ2) is 4.86. The first-order valence-electron chi connectivity index (χ1n) is 5.85. The Hall–Kier alpha value is -2.13. The molecule has 1 heterocycles. The molecule has 3 nitrogen and oxygen atoms in total. The number of hydrogen-bond acceptors (Lipinski definition) is 3. The van der Waals surface area contributed by atoms with Crippen molar-refractivity contribution in [1.82, 2.24) is 4.98 Å². The van der Waals surface area contributed by atoms with E-state index in [0.29, 0.717) is 22.1 Å². The summed E-state index contributed by atoms with van der Waals surface area (Å²) in [4.78, 5) is 16.4. The summed E-state index contributed by atoms with van der Waals surface area (Å²) in [6.45, 7) is 0. The summed E-state index contributed by atoms with van der Waals surface area (Å²) in [5, 5.41) is 0.545. The Morgan fingerprint density at radius 3 is 2.79 bits per heavy atom. The highest BCUT2D eigenvalue weighted by molar-refractivity contribution is 6.31. The molecule has 4 heteroatoms. The van der Waals surface area contributed by atoms with Crippen LogP contribution in [-0.4, -0.2) is 10.8 Å². The van der Waals surface area contributed by atoms with Gasteiger partial charge in [-0.15, -0.1) is 0 Å². The third-order valence-corrected chi connectivity index (χ3v) is 3.03. The predicted molar refractivity (Wildman–Crippen MR) is 73.5 cm³/mol. The third kappa shape index (κ3) is 2.51. The summed E-state index contributed by atoms with van der Waals surface area (Å²) in [7, 11) is 0. The van der Waals surface area contributed by atoms with Gasteiger partial charge in [0.25, 0.3) is 0 Å². The molecular formula is C15H10ClNO2. The lowest BCUT2D eigenvalue weighted by Gasteiger charge is -1.98. The Morgan fingerprint density at radius 2 is 2.00 bits per heavy atom. The van der Waals surface area contributed by atoms with Crippen LogP contribution in [0.3, 0.4) is 0 Å². The van der Waals surface area contributed by atoms with Gasteiger partial charge in [-0.2, -0.15) is 0 Å². The molecule has 0 saturated heterocycles. The highest BCUT2D eigenvalue weighted by atomic mass is 35.5. The molecular weight excluding hydrogens is 262 g/mol. The molecule has 2 aromatic carbocycles. The fourth-order valence-corrected chi connectivity index (χ4v) is 2.09. The van der Waals surface area contributed by atoms with E-state index >= 15 is 0 Å². The molecule has 0 saturated carbocycles. The average molecular weight is 272 g/mol. The van der Waals surface area contributed by atoms with Crippen LogP contribution in [0.4, 0.5) is 0 Å². The van der Waals surface area contributed by atoms with Crippen molar-refractivity contribution in [2.24, 2.45) is 0 Å². The van der Waals surface area contributed by atoms with Gasteiger partial charge in [0.1, 0.15) is 5.52 Å². The van der Waals surface area contributed by atoms with E-state index in [1.54, 1.807) is 24.3 Å². The van der Waals surface area contributed by atoms with E-state index in [1.807, 2.05) is 24.3 Å². The lowest BCUT2D eigenvalue weighted by molar-refractivity contribution is 0.0986. The van der Waals surface area contributed by atoms with E-state index in [9.17, 15) is 4.79 Å². The number of halogens is 1. The summed E-state index contributed by atoms with van der Waals surface area (Å²) >= 11 is 5.86. The molecule has 0 unspecified atom stereocenters. The minimum atomic E-state index is -0.0611. The fraction of sp³-hybridized carbons (Fsp3) is 0.0667. The minimum absolute atomic E-state index is 0.0611. The number of hydrogen-bond donors (Lipinski definition) is 0. The van der Waals surface area contributed by atoms with Gasteiger partial charge >= 0.3 is 0 Å². The molecule has 94 valence electrons. The second-order valence-electron chi connectivity index (χ2n) is 4.19. The molecule has 3 rings (SSSR count). The number of nitrogens with zero attached hydrogens (tertiary/aromatic N) is 1. The lowest BCUT2D eigenvalue weighted by Crippen LogP contribution is -2.03. The highest BCUT2D eigenvalue weighted by Gasteiger charge is 2.12. The van der Waals surface area contributed by atoms with Crippen molar-refractivity contribution in [3.8, 4) is 0 Å². The first kappa shape index (κ1) is 11.9. The van der Waals surface area contributed by atoms with Crippen molar-refractivity contribution in [3.05, 3.63) is 65.0 Å². The quantitative estimate of drug-likeness (QED) is 0.679. The average Bonchev–Trinajstić information content (AvgIpc) is 2.80. The molecule has 0 fully saturated rings. The Bertz CT molecular complexity index is 715. The monoisotopic (exact) mass is 271 g/mol. The maximum Gasteiger partial charge on any atom is 0.203 e. The molecule has 3 aromatic rings. The van der Waals surface area contributed by atoms with Crippen molar-refractivity contribution in [2.75, 3.05) is 0 Å². The van der Waals surface area contributed by atoms with Crippen molar-refractivity contribution in [3.63, 3.8) is 0 Å². The van der Waals surface area contributed by atoms with E-state index in [4.69, 9.17) is 16.0 Å². The van der Waals surface area contributed by atoms with Gasteiger partial charge in [0, 0.05) is 10.6 Å². The van der Waals surface area contributed by atoms with Crippen LogP contribution in [0.25, 0.3) is 11.1 Å². The molecule has 0 bridgehead atoms. The summed E-state index contributed by atoms with van der Waals surface area (Å²) in [6.07, 6.45) is 0.134. The van der Waals surface area contributed by atoms with Crippen molar-refractivity contribution in [2.45, 2.75) is 6.42 Å². The van der Waals surface area contributed by atoms with Gasteiger partial charge in [-0.3, -0.25) is 4.79 Å². The Kier molecular flexibility index (Phi) is 3.05. The van der Waals surface area contributed by atoms with Gasteiger partial charge in [0.15, 0.2) is 11.4 Å². The smallest absolute Gasteiger partial charge is 0.203 e. The standard InChI is InChI=1S/C15H10ClNO2/c16-11-5-3-4-10(8-11)13(18)9-15-17-12-6-1-2-7-14(12)19-15/h1-8H,9H2. The zero-order valence-electron chi connectivity index (χ0n) is 9.97. The van der Waals surface area contributed by atoms with Crippen LogP contribution in [0, 0.1) is 0 Å². The molecule has 1 aromatic heterocycles. The number of para-hydroxylation sites is 2. The first-order chi connectivity index (χ1) is 9.22. The summed E-state index contributed by atoms with van der Waals surface area (Å²) in [5.41, 5.74) is 2.02. The highest BCUT2D eigenvalue weighted by Crippen LogP contribution is 2.17. The van der Waals surface area contributed by atoms with E-state index in [0.717, 1.165) is 5.52 Å². The molecule has 0 amide bonds. The number of ketones is 1. The number of carbonyl (C=O) groups excluding carboxylic acids is 1. The lowest BCUT2D eigenvalue weighted by atomic mass is 10.1. The molecule has 0 aliphatic heterocycles. The minimum Gasteiger partial charge on any atom is -0.440 e. The van der Waals surface area contributed by atoms with Gasteiger partial charge in [0.2, 0.25) is 5.89 Å². The molecule has 19 heavy (non-hydrogen) atoms. The van der Waals surface area contributed by atoms with Gasteiger partial charge in [-0.25, -0.2) is 4.98 Å². The van der Waals surface area contributed by atoms with Crippen LogP contribution in [0.5, 0.6) is 0 Å². The number of aromatic nitrogens is 1. The number of Topliss-reactive ketones (excluding diaryl/α,β-unsaturated/α-hetero) is 1.